The van der Waals surface area contributed by atoms with Crippen molar-refractivity contribution in [1.82, 2.24) is 24.5 Å². The first-order valence-electron chi connectivity index (χ1n) is 10.3. The molecule has 5 aromatic rings. The number of rotatable bonds is 6. The van der Waals surface area contributed by atoms with E-state index in [0.29, 0.717) is 22.7 Å². The van der Waals surface area contributed by atoms with E-state index >= 15 is 0 Å². The van der Waals surface area contributed by atoms with Crippen molar-refractivity contribution in [2.75, 3.05) is 12.4 Å². The van der Waals surface area contributed by atoms with E-state index in [-0.39, 0.29) is 5.91 Å². The van der Waals surface area contributed by atoms with E-state index in [9.17, 15) is 4.79 Å². The molecule has 1 amide bonds. The number of anilines is 1. The highest BCUT2D eigenvalue weighted by molar-refractivity contribution is 6.08. The van der Waals surface area contributed by atoms with Gasteiger partial charge in [0, 0.05) is 17.4 Å². The second kappa shape index (κ2) is 8.80. The number of carbonyl (C=O) groups is 1. The zero-order valence-electron chi connectivity index (χ0n) is 17.8. The lowest BCUT2D eigenvalue weighted by molar-refractivity contribution is 0.102. The van der Waals surface area contributed by atoms with Crippen molar-refractivity contribution in [3.05, 3.63) is 103 Å². The Bertz CT molecular complexity index is 1380. The number of hydrogen-bond donors (Lipinski definition) is 1. The number of hydrogen-bond acceptors (Lipinski definition) is 5. The lowest BCUT2D eigenvalue weighted by atomic mass is 10.1. The number of nitrogens with zero attached hydrogens (tertiary/aromatic N) is 5. The Labute approximate surface area is 190 Å². The average Bonchev–Trinajstić information content (AvgIpc) is 3.56. The third kappa shape index (κ3) is 4.22. The maximum absolute atomic E-state index is 13.3. The molecule has 0 fully saturated rings. The smallest absolute Gasteiger partial charge is 0.259 e. The summed E-state index contributed by atoms with van der Waals surface area (Å²) < 4.78 is 8.71. The number of methoxy groups -OCH3 is 1. The fourth-order valence-electron chi connectivity index (χ4n) is 3.47. The van der Waals surface area contributed by atoms with E-state index in [1.54, 1.807) is 29.0 Å². The van der Waals surface area contributed by atoms with Crippen LogP contribution in [0.4, 0.5) is 5.69 Å². The number of para-hydroxylation sites is 1. The third-order valence-corrected chi connectivity index (χ3v) is 5.13. The third-order valence-electron chi connectivity index (χ3n) is 5.13. The van der Waals surface area contributed by atoms with Gasteiger partial charge in [-0.3, -0.25) is 4.79 Å². The summed E-state index contributed by atoms with van der Waals surface area (Å²) in [4.78, 5) is 17.2. The van der Waals surface area contributed by atoms with E-state index in [2.05, 4.69) is 15.4 Å². The van der Waals surface area contributed by atoms with Crippen molar-refractivity contribution in [2.24, 2.45) is 0 Å². The van der Waals surface area contributed by atoms with Crippen LogP contribution in [0.5, 0.6) is 5.75 Å². The molecule has 0 aliphatic heterocycles. The zero-order chi connectivity index (χ0) is 22.6. The summed E-state index contributed by atoms with van der Waals surface area (Å²) in [6.07, 6.45) is 4.83. The quantitative estimate of drug-likeness (QED) is 0.427. The lowest BCUT2D eigenvalue weighted by Gasteiger charge is -2.07. The maximum Gasteiger partial charge on any atom is 0.259 e. The van der Waals surface area contributed by atoms with Crippen LogP contribution >= 0.6 is 0 Å². The van der Waals surface area contributed by atoms with Crippen LogP contribution in [0.2, 0.25) is 0 Å². The van der Waals surface area contributed by atoms with Gasteiger partial charge in [-0.05, 0) is 48.5 Å². The average molecular weight is 436 g/mol. The maximum atomic E-state index is 13.3. The van der Waals surface area contributed by atoms with Crippen LogP contribution in [0.3, 0.4) is 0 Å². The summed E-state index contributed by atoms with van der Waals surface area (Å²) in [5, 5.41) is 11.8. The molecule has 0 atom stereocenters. The Balaban J connectivity index is 1.49. The Morgan fingerprint density at radius 3 is 2.42 bits per heavy atom. The van der Waals surface area contributed by atoms with Crippen molar-refractivity contribution in [2.45, 2.75) is 0 Å². The van der Waals surface area contributed by atoms with Gasteiger partial charge in [-0.2, -0.15) is 10.2 Å². The molecule has 0 unspecified atom stereocenters. The Morgan fingerprint density at radius 2 is 1.70 bits per heavy atom. The molecule has 0 spiro atoms. The summed E-state index contributed by atoms with van der Waals surface area (Å²) >= 11 is 0. The minimum absolute atomic E-state index is 0.261. The van der Waals surface area contributed by atoms with E-state index in [0.717, 1.165) is 16.9 Å². The van der Waals surface area contributed by atoms with Gasteiger partial charge in [0.15, 0.2) is 0 Å². The molecule has 3 aromatic carbocycles. The van der Waals surface area contributed by atoms with Gasteiger partial charge < -0.3 is 10.1 Å². The first-order valence-corrected chi connectivity index (χ1v) is 10.3. The standard InChI is InChI=1S/C25H20N6O2/c1-33-22-9-5-6-18(14-22)24-23(15-30(29-24)20-7-3-2-4-8-20)25(32)28-19-10-12-21(13-11-19)31-17-26-16-27-31/h2-17H,1H3,(H,28,32). The van der Waals surface area contributed by atoms with Crippen LogP contribution in [0.15, 0.2) is 97.7 Å². The molecule has 8 heteroatoms. The highest BCUT2D eigenvalue weighted by Crippen LogP contribution is 2.27. The molecule has 33 heavy (non-hydrogen) atoms. The van der Waals surface area contributed by atoms with Crippen LogP contribution < -0.4 is 10.1 Å². The van der Waals surface area contributed by atoms with Gasteiger partial charge in [0.05, 0.1) is 24.0 Å². The largest absolute Gasteiger partial charge is 0.497 e. The van der Waals surface area contributed by atoms with Gasteiger partial charge in [0.2, 0.25) is 0 Å². The molecule has 162 valence electrons. The molecular weight excluding hydrogens is 416 g/mol. The molecule has 0 saturated heterocycles. The van der Waals surface area contributed by atoms with Crippen molar-refractivity contribution in [3.8, 4) is 28.4 Å². The van der Waals surface area contributed by atoms with Crippen molar-refractivity contribution in [1.29, 1.82) is 0 Å². The Morgan fingerprint density at radius 1 is 0.909 bits per heavy atom. The Kier molecular flexibility index (Phi) is 5.38. The highest BCUT2D eigenvalue weighted by atomic mass is 16.5. The Hall–Kier alpha value is -4.72. The van der Waals surface area contributed by atoms with Gasteiger partial charge in [0.1, 0.15) is 24.1 Å². The van der Waals surface area contributed by atoms with Crippen molar-refractivity contribution < 1.29 is 9.53 Å². The molecule has 0 aliphatic rings. The zero-order valence-corrected chi connectivity index (χ0v) is 17.8. The summed E-state index contributed by atoms with van der Waals surface area (Å²) in [5.74, 6) is 0.431. The molecule has 5 rings (SSSR count). The lowest BCUT2D eigenvalue weighted by Crippen LogP contribution is -2.12. The molecule has 0 aliphatic carbocycles. The van der Waals surface area contributed by atoms with Gasteiger partial charge in [-0.25, -0.2) is 14.3 Å². The second-order valence-electron chi connectivity index (χ2n) is 7.24. The van der Waals surface area contributed by atoms with Crippen LogP contribution in [-0.2, 0) is 0 Å². The highest BCUT2D eigenvalue weighted by Gasteiger charge is 2.19. The van der Waals surface area contributed by atoms with Gasteiger partial charge >= 0.3 is 0 Å². The van der Waals surface area contributed by atoms with Crippen LogP contribution in [0, 0.1) is 0 Å². The molecule has 2 aromatic heterocycles. The van der Waals surface area contributed by atoms with E-state index < -0.39 is 0 Å². The number of amides is 1. The van der Waals surface area contributed by atoms with Crippen LogP contribution in [0.1, 0.15) is 10.4 Å². The summed E-state index contributed by atoms with van der Waals surface area (Å²) in [6.45, 7) is 0. The van der Waals surface area contributed by atoms with Gasteiger partial charge in [0.25, 0.3) is 5.91 Å². The molecule has 0 saturated carbocycles. The predicted molar refractivity (Wildman–Crippen MR) is 125 cm³/mol. The van der Waals surface area contributed by atoms with E-state index in [1.165, 1.54) is 6.33 Å². The number of ether oxygens (including phenoxy) is 1. The van der Waals surface area contributed by atoms with Gasteiger partial charge in [-0.1, -0.05) is 30.3 Å². The first-order chi connectivity index (χ1) is 16.2. The molecule has 0 bridgehead atoms. The molecule has 2 heterocycles. The predicted octanol–water partition coefficient (Wildman–Crippen LogP) is 4.38. The minimum Gasteiger partial charge on any atom is -0.497 e. The number of carbonyl (C=O) groups excluding carboxylic acids is 1. The SMILES string of the molecule is COc1cccc(-c2nn(-c3ccccc3)cc2C(=O)Nc2ccc(-n3cncn3)cc2)c1. The van der Waals surface area contributed by atoms with Gasteiger partial charge in [-0.15, -0.1) is 0 Å². The fourth-order valence-corrected chi connectivity index (χ4v) is 3.47. The van der Waals surface area contributed by atoms with E-state index in [4.69, 9.17) is 9.84 Å². The molecule has 8 nitrogen and oxygen atoms in total. The molecule has 1 N–H and O–H groups in total. The normalized spacial score (nSPS) is 10.7. The fraction of sp³-hybridized carbons (Fsp3) is 0.0400. The number of aromatic nitrogens is 5. The summed E-state index contributed by atoms with van der Waals surface area (Å²) in [5.41, 5.74) is 4.17. The van der Waals surface area contributed by atoms with Crippen LogP contribution in [-0.4, -0.2) is 37.6 Å². The summed E-state index contributed by atoms with van der Waals surface area (Å²) in [6, 6.07) is 24.5. The molecular formula is C25H20N6O2. The van der Waals surface area contributed by atoms with E-state index in [1.807, 2.05) is 78.9 Å². The second-order valence-corrected chi connectivity index (χ2v) is 7.24. The first kappa shape index (κ1) is 20.2. The summed E-state index contributed by atoms with van der Waals surface area (Å²) in [7, 11) is 1.61. The van der Waals surface area contributed by atoms with Crippen LogP contribution in [0.25, 0.3) is 22.6 Å². The monoisotopic (exact) mass is 436 g/mol. The molecule has 0 radical (unpaired) electrons. The number of nitrogens with one attached hydrogen (secondary N) is 1. The van der Waals surface area contributed by atoms with Crippen molar-refractivity contribution in [3.63, 3.8) is 0 Å². The van der Waals surface area contributed by atoms with Crippen molar-refractivity contribution >= 4 is 11.6 Å². The minimum atomic E-state index is -0.261. The topological polar surface area (TPSA) is 86.9 Å². The number of benzene rings is 3.